The SMILES string of the molecule is Brc1ccc(CNCc2ccco2)nc1. The number of rotatable bonds is 4. The van der Waals surface area contributed by atoms with E-state index in [0.717, 1.165) is 29.0 Å². The zero-order valence-corrected chi connectivity index (χ0v) is 9.70. The molecular formula is C11H11BrN2O. The van der Waals surface area contributed by atoms with Gasteiger partial charge >= 0.3 is 0 Å². The summed E-state index contributed by atoms with van der Waals surface area (Å²) in [5.74, 6) is 0.937. The number of furan rings is 1. The third-order valence-electron chi connectivity index (χ3n) is 1.97. The fourth-order valence-electron chi connectivity index (χ4n) is 1.24. The number of pyridine rings is 1. The largest absolute Gasteiger partial charge is 0.468 e. The van der Waals surface area contributed by atoms with Gasteiger partial charge in [0, 0.05) is 17.2 Å². The van der Waals surface area contributed by atoms with Crippen LogP contribution in [-0.4, -0.2) is 4.98 Å². The second-order valence-corrected chi connectivity index (χ2v) is 4.07. The molecule has 2 heterocycles. The first-order chi connectivity index (χ1) is 7.34. The molecule has 15 heavy (non-hydrogen) atoms. The molecule has 0 aromatic carbocycles. The highest BCUT2D eigenvalue weighted by atomic mass is 79.9. The molecule has 0 saturated carbocycles. The van der Waals surface area contributed by atoms with E-state index in [-0.39, 0.29) is 0 Å². The summed E-state index contributed by atoms with van der Waals surface area (Å²) >= 11 is 3.35. The quantitative estimate of drug-likeness (QED) is 0.925. The van der Waals surface area contributed by atoms with Gasteiger partial charge in [0.1, 0.15) is 5.76 Å². The van der Waals surface area contributed by atoms with Crippen LogP contribution in [0, 0.1) is 0 Å². The van der Waals surface area contributed by atoms with Crippen LogP contribution in [0.5, 0.6) is 0 Å². The molecule has 3 nitrogen and oxygen atoms in total. The first-order valence-electron chi connectivity index (χ1n) is 4.68. The van der Waals surface area contributed by atoms with Crippen molar-refractivity contribution in [2.24, 2.45) is 0 Å². The molecule has 0 atom stereocenters. The van der Waals surface area contributed by atoms with Crippen molar-refractivity contribution in [3.8, 4) is 0 Å². The zero-order valence-electron chi connectivity index (χ0n) is 8.11. The van der Waals surface area contributed by atoms with E-state index in [0.29, 0.717) is 0 Å². The number of nitrogens with zero attached hydrogens (tertiary/aromatic N) is 1. The Hall–Kier alpha value is -1.13. The van der Waals surface area contributed by atoms with Crippen molar-refractivity contribution in [2.75, 3.05) is 0 Å². The van der Waals surface area contributed by atoms with E-state index in [4.69, 9.17) is 4.42 Å². The minimum Gasteiger partial charge on any atom is -0.468 e. The average Bonchev–Trinajstić information content (AvgIpc) is 2.74. The van der Waals surface area contributed by atoms with E-state index >= 15 is 0 Å². The van der Waals surface area contributed by atoms with Crippen LogP contribution < -0.4 is 5.32 Å². The van der Waals surface area contributed by atoms with Crippen LogP contribution in [0.1, 0.15) is 11.5 Å². The monoisotopic (exact) mass is 266 g/mol. The minimum atomic E-state index is 0.727. The molecule has 0 saturated heterocycles. The molecule has 0 radical (unpaired) electrons. The number of hydrogen-bond acceptors (Lipinski definition) is 3. The van der Waals surface area contributed by atoms with Gasteiger partial charge in [-0.3, -0.25) is 4.98 Å². The van der Waals surface area contributed by atoms with Crippen LogP contribution in [0.3, 0.4) is 0 Å². The molecule has 0 bridgehead atoms. The zero-order chi connectivity index (χ0) is 10.5. The summed E-state index contributed by atoms with van der Waals surface area (Å²) in [5.41, 5.74) is 1.02. The van der Waals surface area contributed by atoms with Crippen LogP contribution >= 0.6 is 15.9 Å². The molecule has 0 spiro atoms. The molecular weight excluding hydrogens is 256 g/mol. The molecule has 0 aliphatic carbocycles. The Morgan fingerprint density at radius 2 is 2.20 bits per heavy atom. The molecule has 4 heteroatoms. The van der Waals surface area contributed by atoms with Gasteiger partial charge < -0.3 is 9.73 Å². The second kappa shape index (κ2) is 5.09. The highest BCUT2D eigenvalue weighted by Gasteiger charge is 1.96. The van der Waals surface area contributed by atoms with Crippen molar-refractivity contribution in [1.29, 1.82) is 0 Å². The Morgan fingerprint density at radius 1 is 1.27 bits per heavy atom. The topological polar surface area (TPSA) is 38.1 Å². The van der Waals surface area contributed by atoms with Crippen molar-refractivity contribution in [3.63, 3.8) is 0 Å². The summed E-state index contributed by atoms with van der Waals surface area (Å²) in [4.78, 5) is 4.26. The summed E-state index contributed by atoms with van der Waals surface area (Å²) in [6.45, 7) is 1.47. The first kappa shape index (κ1) is 10.4. The Bertz CT molecular complexity index is 397. The van der Waals surface area contributed by atoms with Crippen molar-refractivity contribution < 1.29 is 4.42 Å². The van der Waals surface area contributed by atoms with Crippen LogP contribution in [-0.2, 0) is 13.1 Å². The lowest BCUT2D eigenvalue weighted by atomic mass is 10.3. The van der Waals surface area contributed by atoms with Crippen molar-refractivity contribution in [1.82, 2.24) is 10.3 Å². The van der Waals surface area contributed by atoms with Gasteiger partial charge in [0.15, 0.2) is 0 Å². The lowest BCUT2D eigenvalue weighted by Crippen LogP contribution is -2.12. The average molecular weight is 267 g/mol. The van der Waals surface area contributed by atoms with E-state index in [1.165, 1.54) is 0 Å². The molecule has 0 amide bonds. The maximum Gasteiger partial charge on any atom is 0.117 e. The molecule has 2 aromatic heterocycles. The van der Waals surface area contributed by atoms with Crippen molar-refractivity contribution in [2.45, 2.75) is 13.1 Å². The van der Waals surface area contributed by atoms with Crippen LogP contribution in [0.25, 0.3) is 0 Å². The van der Waals surface area contributed by atoms with Gasteiger partial charge in [-0.1, -0.05) is 0 Å². The standard InChI is InChI=1S/C11H11BrN2O/c12-9-3-4-10(14-6-9)7-13-8-11-2-1-5-15-11/h1-6,13H,7-8H2. The first-order valence-corrected chi connectivity index (χ1v) is 5.47. The van der Waals surface area contributed by atoms with Gasteiger partial charge in [-0.05, 0) is 40.2 Å². The van der Waals surface area contributed by atoms with Crippen molar-refractivity contribution >= 4 is 15.9 Å². The van der Waals surface area contributed by atoms with Crippen LogP contribution in [0.4, 0.5) is 0 Å². The summed E-state index contributed by atoms with van der Waals surface area (Å²) < 4.78 is 6.20. The molecule has 1 N–H and O–H groups in total. The molecule has 0 fully saturated rings. The summed E-state index contributed by atoms with van der Waals surface area (Å²) in [5, 5.41) is 3.25. The third-order valence-corrected chi connectivity index (χ3v) is 2.44. The summed E-state index contributed by atoms with van der Waals surface area (Å²) in [6.07, 6.45) is 3.47. The predicted molar refractivity (Wildman–Crippen MR) is 61.2 cm³/mol. The molecule has 2 rings (SSSR count). The molecule has 0 aliphatic rings. The van der Waals surface area contributed by atoms with Gasteiger partial charge in [-0.25, -0.2) is 0 Å². The molecule has 0 unspecified atom stereocenters. The summed E-state index contributed by atoms with van der Waals surface area (Å²) in [7, 11) is 0. The van der Waals surface area contributed by atoms with E-state index < -0.39 is 0 Å². The van der Waals surface area contributed by atoms with E-state index in [1.54, 1.807) is 12.5 Å². The smallest absolute Gasteiger partial charge is 0.117 e. The van der Waals surface area contributed by atoms with Gasteiger partial charge in [0.2, 0.25) is 0 Å². The lowest BCUT2D eigenvalue weighted by Gasteiger charge is -2.01. The van der Waals surface area contributed by atoms with Gasteiger partial charge in [0.25, 0.3) is 0 Å². The van der Waals surface area contributed by atoms with E-state index in [2.05, 4.69) is 26.2 Å². The maximum absolute atomic E-state index is 5.20. The highest BCUT2D eigenvalue weighted by Crippen LogP contribution is 2.07. The van der Waals surface area contributed by atoms with Crippen LogP contribution in [0.2, 0.25) is 0 Å². The number of aromatic nitrogens is 1. The Kier molecular flexibility index (Phi) is 3.53. The lowest BCUT2D eigenvalue weighted by molar-refractivity contribution is 0.482. The Balaban J connectivity index is 1.81. The van der Waals surface area contributed by atoms with Crippen molar-refractivity contribution in [3.05, 3.63) is 52.7 Å². The van der Waals surface area contributed by atoms with Gasteiger partial charge in [0.05, 0.1) is 18.5 Å². The number of nitrogens with one attached hydrogen (secondary N) is 1. The fourth-order valence-corrected chi connectivity index (χ4v) is 1.47. The third kappa shape index (κ3) is 3.18. The molecule has 78 valence electrons. The van der Waals surface area contributed by atoms with E-state index in [9.17, 15) is 0 Å². The van der Waals surface area contributed by atoms with Gasteiger partial charge in [-0.15, -0.1) is 0 Å². The Morgan fingerprint density at radius 3 is 2.87 bits per heavy atom. The maximum atomic E-state index is 5.20. The second-order valence-electron chi connectivity index (χ2n) is 3.15. The van der Waals surface area contributed by atoms with E-state index in [1.807, 2.05) is 24.3 Å². The Labute approximate surface area is 96.6 Å². The highest BCUT2D eigenvalue weighted by molar-refractivity contribution is 9.10. The summed E-state index contributed by atoms with van der Waals surface area (Å²) in [6, 6.07) is 7.80. The number of hydrogen-bond donors (Lipinski definition) is 1. The number of halogens is 1. The fraction of sp³-hybridized carbons (Fsp3) is 0.182. The van der Waals surface area contributed by atoms with Crippen LogP contribution in [0.15, 0.2) is 45.6 Å². The van der Waals surface area contributed by atoms with Gasteiger partial charge in [-0.2, -0.15) is 0 Å². The molecule has 0 aliphatic heterocycles. The normalized spacial score (nSPS) is 10.5. The minimum absolute atomic E-state index is 0.727. The molecule has 2 aromatic rings. The predicted octanol–water partition coefficient (Wildman–Crippen LogP) is 2.73.